The van der Waals surface area contributed by atoms with Gasteiger partial charge in [-0.25, -0.2) is 0 Å². The molecule has 2 N–H and O–H groups in total. The number of ether oxygens (including phenoxy) is 3. The summed E-state index contributed by atoms with van der Waals surface area (Å²) in [5.74, 6) is 1.60. The highest BCUT2D eigenvalue weighted by atomic mass is 35.5. The second-order valence-electron chi connectivity index (χ2n) is 5.08. The van der Waals surface area contributed by atoms with Gasteiger partial charge in [-0.05, 0) is 12.1 Å². The Bertz CT molecular complexity index is 751. The van der Waals surface area contributed by atoms with Crippen molar-refractivity contribution in [1.82, 2.24) is 0 Å². The molecule has 24 heavy (non-hydrogen) atoms. The van der Waals surface area contributed by atoms with Crippen LogP contribution < -0.4 is 24.8 Å². The van der Waals surface area contributed by atoms with Gasteiger partial charge in [-0.3, -0.25) is 4.79 Å². The maximum absolute atomic E-state index is 12.1. The highest BCUT2D eigenvalue weighted by molar-refractivity contribution is 6.33. The zero-order valence-corrected chi connectivity index (χ0v) is 13.9. The number of benzene rings is 2. The van der Waals surface area contributed by atoms with E-state index in [0.717, 1.165) is 0 Å². The number of amides is 1. The summed E-state index contributed by atoms with van der Waals surface area (Å²) in [5.41, 5.74) is 1.22. The summed E-state index contributed by atoms with van der Waals surface area (Å²) in [6.07, 6.45) is 0. The van der Waals surface area contributed by atoms with Crippen molar-refractivity contribution >= 4 is 28.9 Å². The van der Waals surface area contributed by atoms with Crippen LogP contribution in [-0.4, -0.2) is 32.8 Å². The molecule has 2 aromatic rings. The van der Waals surface area contributed by atoms with Crippen LogP contribution in [-0.2, 0) is 4.79 Å². The van der Waals surface area contributed by atoms with E-state index in [-0.39, 0.29) is 12.5 Å². The molecule has 3 rings (SSSR count). The number of carbonyl (C=O) groups is 1. The largest absolute Gasteiger partial charge is 0.495 e. The number of methoxy groups -OCH3 is 1. The topological polar surface area (TPSA) is 68.8 Å². The van der Waals surface area contributed by atoms with Crippen molar-refractivity contribution in [3.63, 3.8) is 0 Å². The third-order valence-electron chi connectivity index (χ3n) is 3.45. The molecule has 0 atom stereocenters. The first-order valence-electron chi connectivity index (χ1n) is 7.43. The Morgan fingerprint density at radius 3 is 2.62 bits per heavy atom. The summed E-state index contributed by atoms with van der Waals surface area (Å²) in [6.45, 7) is 1.04. The molecule has 6 nitrogen and oxygen atoms in total. The Morgan fingerprint density at radius 2 is 1.88 bits per heavy atom. The number of halogens is 1. The normalized spacial score (nSPS) is 12.4. The lowest BCUT2D eigenvalue weighted by molar-refractivity contribution is -0.114. The molecule has 0 aromatic heterocycles. The number of carbonyl (C=O) groups excluding carboxylic acids is 1. The number of para-hydroxylation sites is 2. The number of rotatable bonds is 5. The number of anilines is 2. The van der Waals surface area contributed by atoms with Crippen molar-refractivity contribution in [2.24, 2.45) is 0 Å². The van der Waals surface area contributed by atoms with E-state index in [1.165, 1.54) is 0 Å². The molecule has 0 radical (unpaired) electrons. The zero-order valence-electron chi connectivity index (χ0n) is 13.1. The molecule has 7 heteroatoms. The van der Waals surface area contributed by atoms with E-state index in [2.05, 4.69) is 10.6 Å². The quantitative estimate of drug-likeness (QED) is 0.868. The van der Waals surface area contributed by atoms with Crippen LogP contribution in [0.15, 0.2) is 36.4 Å². The molecule has 0 aliphatic carbocycles. The van der Waals surface area contributed by atoms with Gasteiger partial charge in [0, 0.05) is 12.1 Å². The molecule has 0 bridgehead atoms. The minimum atomic E-state index is -0.217. The van der Waals surface area contributed by atoms with E-state index in [1.54, 1.807) is 31.4 Å². The third-order valence-corrected chi connectivity index (χ3v) is 3.77. The second kappa shape index (κ2) is 7.31. The smallest absolute Gasteiger partial charge is 0.243 e. The molecule has 0 saturated carbocycles. The fourth-order valence-electron chi connectivity index (χ4n) is 2.32. The standard InChI is InChI=1S/C17H17ClN2O4/c1-22-14-5-3-2-4-12(14)20-17(21)10-19-13-9-16-15(8-11(13)18)23-6-7-24-16/h2-5,8-9,19H,6-7,10H2,1H3,(H,20,21). The highest BCUT2D eigenvalue weighted by Crippen LogP contribution is 2.37. The van der Waals surface area contributed by atoms with Crippen molar-refractivity contribution in [2.75, 3.05) is 37.5 Å². The number of hydrogen-bond donors (Lipinski definition) is 2. The first-order chi connectivity index (χ1) is 11.7. The van der Waals surface area contributed by atoms with Gasteiger partial charge in [0.05, 0.1) is 30.1 Å². The van der Waals surface area contributed by atoms with E-state index in [1.807, 2.05) is 12.1 Å². The van der Waals surface area contributed by atoms with Crippen molar-refractivity contribution < 1.29 is 19.0 Å². The van der Waals surface area contributed by atoms with Crippen molar-refractivity contribution in [1.29, 1.82) is 0 Å². The Labute approximate surface area is 144 Å². The van der Waals surface area contributed by atoms with Gasteiger partial charge in [-0.2, -0.15) is 0 Å². The predicted octanol–water partition coefficient (Wildman–Crippen LogP) is 3.17. The van der Waals surface area contributed by atoms with E-state index in [0.29, 0.717) is 46.9 Å². The maximum Gasteiger partial charge on any atom is 0.243 e. The molecule has 126 valence electrons. The summed E-state index contributed by atoms with van der Waals surface area (Å²) in [7, 11) is 1.55. The summed E-state index contributed by atoms with van der Waals surface area (Å²) in [4.78, 5) is 12.1. The van der Waals surface area contributed by atoms with Crippen LogP contribution in [0.5, 0.6) is 17.2 Å². The molecular weight excluding hydrogens is 332 g/mol. The number of nitrogens with one attached hydrogen (secondary N) is 2. The molecule has 2 aromatic carbocycles. The molecular formula is C17H17ClN2O4. The van der Waals surface area contributed by atoms with Crippen LogP contribution in [0.1, 0.15) is 0 Å². The van der Waals surface area contributed by atoms with E-state index in [9.17, 15) is 4.79 Å². The van der Waals surface area contributed by atoms with Crippen molar-refractivity contribution in [3.05, 3.63) is 41.4 Å². The van der Waals surface area contributed by atoms with Crippen LogP contribution in [0.25, 0.3) is 0 Å². The summed E-state index contributed by atoms with van der Waals surface area (Å²) >= 11 is 6.20. The zero-order chi connectivity index (χ0) is 16.9. The van der Waals surface area contributed by atoms with E-state index in [4.69, 9.17) is 25.8 Å². The molecule has 0 saturated heterocycles. The Morgan fingerprint density at radius 1 is 1.17 bits per heavy atom. The Hall–Kier alpha value is -2.60. The van der Waals surface area contributed by atoms with Crippen LogP contribution in [0.3, 0.4) is 0 Å². The lowest BCUT2D eigenvalue weighted by Crippen LogP contribution is -2.22. The van der Waals surface area contributed by atoms with Crippen LogP contribution >= 0.6 is 11.6 Å². The minimum absolute atomic E-state index is 0.0530. The molecule has 1 amide bonds. The van der Waals surface area contributed by atoms with Gasteiger partial charge in [-0.1, -0.05) is 23.7 Å². The average molecular weight is 349 g/mol. The minimum Gasteiger partial charge on any atom is -0.495 e. The van der Waals surface area contributed by atoms with Gasteiger partial charge in [-0.15, -0.1) is 0 Å². The highest BCUT2D eigenvalue weighted by Gasteiger charge is 2.15. The molecule has 1 heterocycles. The van der Waals surface area contributed by atoms with Gasteiger partial charge in [0.2, 0.25) is 5.91 Å². The van der Waals surface area contributed by atoms with E-state index >= 15 is 0 Å². The van der Waals surface area contributed by atoms with Crippen LogP contribution in [0.4, 0.5) is 11.4 Å². The first-order valence-corrected chi connectivity index (χ1v) is 7.81. The van der Waals surface area contributed by atoms with Crippen LogP contribution in [0.2, 0.25) is 5.02 Å². The average Bonchev–Trinajstić information content (AvgIpc) is 2.60. The summed E-state index contributed by atoms with van der Waals surface area (Å²) in [5, 5.41) is 6.25. The first kappa shape index (κ1) is 16.3. The predicted molar refractivity (Wildman–Crippen MR) is 92.6 cm³/mol. The summed E-state index contributed by atoms with van der Waals surface area (Å²) in [6, 6.07) is 10.6. The van der Waals surface area contributed by atoms with Gasteiger partial charge in [0.15, 0.2) is 11.5 Å². The van der Waals surface area contributed by atoms with Gasteiger partial charge >= 0.3 is 0 Å². The lowest BCUT2D eigenvalue weighted by atomic mass is 10.2. The van der Waals surface area contributed by atoms with Gasteiger partial charge in [0.25, 0.3) is 0 Å². The molecule has 0 spiro atoms. The number of fused-ring (bicyclic) bond motifs is 1. The second-order valence-corrected chi connectivity index (χ2v) is 5.48. The van der Waals surface area contributed by atoms with Crippen LogP contribution in [0, 0.1) is 0 Å². The third kappa shape index (κ3) is 3.65. The maximum atomic E-state index is 12.1. The molecule has 1 aliphatic heterocycles. The molecule has 1 aliphatic rings. The van der Waals surface area contributed by atoms with Crippen molar-refractivity contribution in [3.8, 4) is 17.2 Å². The van der Waals surface area contributed by atoms with Crippen molar-refractivity contribution in [2.45, 2.75) is 0 Å². The number of hydrogen-bond acceptors (Lipinski definition) is 5. The fourth-order valence-corrected chi connectivity index (χ4v) is 2.54. The lowest BCUT2D eigenvalue weighted by Gasteiger charge is -2.20. The Balaban J connectivity index is 1.64. The van der Waals surface area contributed by atoms with E-state index < -0.39 is 0 Å². The Kier molecular flexibility index (Phi) is 4.96. The SMILES string of the molecule is COc1ccccc1NC(=O)CNc1cc2c(cc1Cl)OCCO2. The van der Waals surface area contributed by atoms with Gasteiger partial charge in [0.1, 0.15) is 19.0 Å². The molecule has 0 unspecified atom stereocenters. The molecule has 0 fully saturated rings. The monoisotopic (exact) mass is 348 g/mol. The van der Waals surface area contributed by atoms with Gasteiger partial charge < -0.3 is 24.8 Å². The fraction of sp³-hybridized carbons (Fsp3) is 0.235. The summed E-state index contributed by atoms with van der Waals surface area (Å²) < 4.78 is 16.2.